The summed E-state index contributed by atoms with van der Waals surface area (Å²) in [6, 6.07) is 0. The largest absolute Gasteiger partial charge is 0.381 e. The second kappa shape index (κ2) is 5.27. The second-order valence-electron chi connectivity index (χ2n) is 4.51. The van der Waals surface area contributed by atoms with Gasteiger partial charge in [0.2, 0.25) is 10.0 Å². The Morgan fingerprint density at radius 3 is 2.95 bits per heavy atom. The number of hydrogen-bond donors (Lipinski definition) is 3. The van der Waals surface area contributed by atoms with Crippen molar-refractivity contribution in [3.63, 3.8) is 0 Å². The predicted molar refractivity (Wildman–Crippen MR) is 66.0 cm³/mol. The molecule has 1 atom stereocenters. The third-order valence-electron chi connectivity index (χ3n) is 2.97. The molecule has 8 nitrogen and oxygen atoms in total. The van der Waals surface area contributed by atoms with Crippen LogP contribution in [0.4, 0.5) is 0 Å². The summed E-state index contributed by atoms with van der Waals surface area (Å²) in [6.07, 6.45) is 0.877. The van der Waals surface area contributed by atoms with E-state index >= 15 is 0 Å². The average Bonchev–Trinajstić information content (AvgIpc) is 2.93. The fourth-order valence-corrected chi connectivity index (χ4v) is 2.87. The molecule has 1 amide bonds. The van der Waals surface area contributed by atoms with Gasteiger partial charge < -0.3 is 10.1 Å². The van der Waals surface area contributed by atoms with Crippen LogP contribution >= 0.6 is 0 Å². The summed E-state index contributed by atoms with van der Waals surface area (Å²) in [5.41, 5.74) is 0.0516. The molecule has 0 spiro atoms. The molecular formula is C10H16N4O4S. The van der Waals surface area contributed by atoms with E-state index in [-0.39, 0.29) is 22.2 Å². The number of rotatable bonds is 4. The Labute approximate surface area is 110 Å². The van der Waals surface area contributed by atoms with Crippen LogP contribution in [0.15, 0.2) is 4.90 Å². The fraction of sp³-hybridized carbons (Fsp3) is 0.600. The fourth-order valence-electron chi connectivity index (χ4n) is 1.99. The summed E-state index contributed by atoms with van der Waals surface area (Å²) in [6.45, 7) is 3.20. The molecule has 4 N–H and O–H groups in total. The summed E-state index contributed by atoms with van der Waals surface area (Å²) in [7, 11) is -3.98. The Hall–Kier alpha value is -1.45. The Balaban J connectivity index is 2.11. The third-order valence-corrected chi connectivity index (χ3v) is 4.03. The van der Waals surface area contributed by atoms with Gasteiger partial charge >= 0.3 is 0 Å². The van der Waals surface area contributed by atoms with Crippen molar-refractivity contribution in [3.8, 4) is 0 Å². The van der Waals surface area contributed by atoms with Crippen LogP contribution in [-0.4, -0.2) is 44.3 Å². The number of carbonyl (C=O) groups excluding carboxylic acids is 1. The lowest BCUT2D eigenvalue weighted by Crippen LogP contribution is -2.31. The Morgan fingerprint density at radius 1 is 1.63 bits per heavy atom. The average molecular weight is 288 g/mol. The molecule has 0 bridgehead atoms. The van der Waals surface area contributed by atoms with Crippen LogP contribution < -0.4 is 10.5 Å². The van der Waals surface area contributed by atoms with Gasteiger partial charge in [-0.05, 0) is 13.3 Å². The number of H-pyrrole nitrogens is 1. The van der Waals surface area contributed by atoms with Crippen molar-refractivity contribution in [1.29, 1.82) is 0 Å². The number of amides is 1. The first-order chi connectivity index (χ1) is 8.89. The molecule has 0 aliphatic carbocycles. The lowest BCUT2D eigenvalue weighted by Gasteiger charge is -2.08. The molecular weight excluding hydrogens is 272 g/mol. The molecule has 0 saturated carbocycles. The maximum absolute atomic E-state index is 11.9. The molecule has 1 aromatic rings. The molecule has 0 aromatic carbocycles. The van der Waals surface area contributed by atoms with Crippen molar-refractivity contribution in [1.82, 2.24) is 15.5 Å². The van der Waals surface area contributed by atoms with Gasteiger partial charge in [0, 0.05) is 19.1 Å². The normalized spacial score (nSPS) is 19.6. The zero-order valence-electron chi connectivity index (χ0n) is 10.5. The van der Waals surface area contributed by atoms with Gasteiger partial charge in [0.15, 0.2) is 5.69 Å². The molecule has 2 heterocycles. The van der Waals surface area contributed by atoms with E-state index < -0.39 is 15.9 Å². The Kier molecular flexibility index (Phi) is 3.88. The summed E-state index contributed by atoms with van der Waals surface area (Å²) in [5.74, 6) is -0.304. The Morgan fingerprint density at radius 2 is 2.37 bits per heavy atom. The second-order valence-corrected chi connectivity index (χ2v) is 6.01. The van der Waals surface area contributed by atoms with Crippen molar-refractivity contribution in [2.45, 2.75) is 18.2 Å². The van der Waals surface area contributed by atoms with Crippen molar-refractivity contribution < 1.29 is 17.9 Å². The van der Waals surface area contributed by atoms with Gasteiger partial charge in [-0.15, -0.1) is 0 Å². The van der Waals surface area contributed by atoms with Crippen LogP contribution in [0.25, 0.3) is 0 Å². The summed E-state index contributed by atoms with van der Waals surface area (Å²) >= 11 is 0. The van der Waals surface area contributed by atoms with E-state index in [4.69, 9.17) is 9.88 Å². The minimum Gasteiger partial charge on any atom is -0.381 e. The van der Waals surface area contributed by atoms with E-state index in [0.717, 1.165) is 6.42 Å². The van der Waals surface area contributed by atoms with E-state index in [0.29, 0.717) is 19.8 Å². The van der Waals surface area contributed by atoms with Crippen LogP contribution in [-0.2, 0) is 14.8 Å². The third kappa shape index (κ3) is 3.11. The highest BCUT2D eigenvalue weighted by Crippen LogP contribution is 2.16. The maximum Gasteiger partial charge on any atom is 0.273 e. The predicted octanol–water partition coefficient (Wildman–Crippen LogP) is -0.868. The number of nitrogens with two attached hydrogens (primary N) is 1. The van der Waals surface area contributed by atoms with Gasteiger partial charge in [0.25, 0.3) is 5.91 Å². The highest BCUT2D eigenvalue weighted by Gasteiger charge is 2.26. The number of sulfonamides is 1. The number of carbonyl (C=O) groups is 1. The quantitative estimate of drug-likeness (QED) is 0.663. The topological polar surface area (TPSA) is 127 Å². The van der Waals surface area contributed by atoms with E-state index in [9.17, 15) is 13.2 Å². The molecule has 1 aromatic heterocycles. The number of ether oxygens (including phenoxy) is 1. The Bertz CT molecular complexity index is 574. The molecule has 1 aliphatic rings. The van der Waals surface area contributed by atoms with Crippen molar-refractivity contribution in [3.05, 3.63) is 11.4 Å². The minimum atomic E-state index is -3.98. The summed E-state index contributed by atoms with van der Waals surface area (Å²) in [4.78, 5) is 11.7. The highest BCUT2D eigenvalue weighted by molar-refractivity contribution is 7.89. The van der Waals surface area contributed by atoms with Gasteiger partial charge in [-0.3, -0.25) is 9.89 Å². The van der Waals surface area contributed by atoms with Crippen LogP contribution in [0.1, 0.15) is 22.6 Å². The minimum absolute atomic E-state index is 0.195. The number of hydrogen-bond acceptors (Lipinski definition) is 5. The molecule has 1 saturated heterocycles. The van der Waals surface area contributed by atoms with E-state index in [2.05, 4.69) is 15.5 Å². The molecule has 106 valence electrons. The van der Waals surface area contributed by atoms with Crippen molar-refractivity contribution in [2.24, 2.45) is 11.1 Å². The summed E-state index contributed by atoms with van der Waals surface area (Å²) < 4.78 is 28.0. The van der Waals surface area contributed by atoms with Crippen molar-refractivity contribution >= 4 is 15.9 Å². The number of aryl methyl sites for hydroxylation is 1. The van der Waals surface area contributed by atoms with Crippen LogP contribution in [0.2, 0.25) is 0 Å². The molecule has 2 rings (SSSR count). The number of nitrogens with one attached hydrogen (secondary N) is 2. The van der Waals surface area contributed by atoms with Crippen LogP contribution in [0.5, 0.6) is 0 Å². The van der Waals surface area contributed by atoms with Gasteiger partial charge in [-0.1, -0.05) is 0 Å². The molecule has 9 heteroatoms. The zero-order chi connectivity index (χ0) is 14.0. The van der Waals surface area contributed by atoms with Gasteiger partial charge in [0.05, 0.1) is 12.3 Å². The van der Waals surface area contributed by atoms with E-state index in [1.807, 2.05) is 0 Å². The number of aromatic amines is 1. The molecule has 1 unspecified atom stereocenters. The first kappa shape index (κ1) is 14.0. The first-order valence-corrected chi connectivity index (χ1v) is 7.38. The lowest BCUT2D eigenvalue weighted by atomic mass is 10.1. The molecule has 1 aliphatic heterocycles. The molecule has 19 heavy (non-hydrogen) atoms. The van der Waals surface area contributed by atoms with Gasteiger partial charge in [-0.25, -0.2) is 13.6 Å². The molecule has 1 fully saturated rings. The summed E-state index contributed by atoms with van der Waals surface area (Å²) in [5, 5.41) is 13.9. The van der Waals surface area contributed by atoms with Gasteiger partial charge in [0.1, 0.15) is 4.90 Å². The maximum atomic E-state index is 11.9. The standard InChI is InChI=1S/C10H16N4O4S/c1-6-9(19(11,16)17)8(14-13-6)10(15)12-4-7-2-3-18-5-7/h7H,2-5H2,1H3,(H,12,15)(H,13,14)(H2,11,16,17). The van der Waals surface area contributed by atoms with E-state index in [1.165, 1.54) is 6.92 Å². The van der Waals surface area contributed by atoms with Crippen LogP contribution in [0.3, 0.4) is 0 Å². The highest BCUT2D eigenvalue weighted by atomic mass is 32.2. The SMILES string of the molecule is Cc1[nH]nc(C(=O)NCC2CCOC2)c1S(N)(=O)=O. The molecule has 0 radical (unpaired) electrons. The van der Waals surface area contributed by atoms with Crippen molar-refractivity contribution in [2.75, 3.05) is 19.8 Å². The number of nitrogens with zero attached hydrogens (tertiary/aromatic N) is 1. The van der Waals surface area contributed by atoms with E-state index in [1.54, 1.807) is 0 Å². The monoisotopic (exact) mass is 288 g/mol. The van der Waals surface area contributed by atoms with Gasteiger partial charge in [-0.2, -0.15) is 5.10 Å². The van der Waals surface area contributed by atoms with Crippen LogP contribution in [0, 0.1) is 12.8 Å². The smallest absolute Gasteiger partial charge is 0.273 e. The number of aromatic nitrogens is 2. The first-order valence-electron chi connectivity index (χ1n) is 5.83. The lowest BCUT2D eigenvalue weighted by molar-refractivity contribution is 0.0936. The zero-order valence-corrected chi connectivity index (χ0v) is 11.3. The number of primary sulfonamides is 1.